The maximum atomic E-state index is 13.4. The third-order valence-electron chi connectivity index (χ3n) is 6.25. The molecule has 3 aromatic heterocycles. The van der Waals surface area contributed by atoms with Crippen LogP contribution in [0, 0.1) is 6.92 Å². The van der Waals surface area contributed by atoms with Crippen molar-refractivity contribution in [1.82, 2.24) is 25.1 Å². The summed E-state index contributed by atoms with van der Waals surface area (Å²) in [4.78, 5) is 22.8. The molecule has 0 bridgehead atoms. The van der Waals surface area contributed by atoms with Gasteiger partial charge in [-0.3, -0.25) is 4.79 Å². The Morgan fingerprint density at radius 2 is 1.89 bits per heavy atom. The summed E-state index contributed by atoms with van der Waals surface area (Å²) in [7, 11) is 0. The standard InChI is InChI=1S/C28H31N5O3/c1-4-35-23-12-9-19(16-24(23)36-5-2)13-15-30-28(34)21-17-22(20-10-11-20)31-27-26(21)18(3)32-33(27)25-8-6-7-14-29-25/h6-9,12,14,16-17,20H,4-5,10-11,13,15H2,1-3H3,(H,30,34). The molecule has 5 rings (SSSR count). The van der Waals surface area contributed by atoms with Crippen LogP contribution < -0.4 is 14.8 Å². The molecule has 0 unspecified atom stereocenters. The first kappa shape index (κ1) is 23.8. The lowest BCUT2D eigenvalue weighted by atomic mass is 10.1. The molecular weight excluding hydrogens is 454 g/mol. The molecule has 3 heterocycles. The second-order valence-electron chi connectivity index (χ2n) is 8.91. The third kappa shape index (κ3) is 4.89. The number of rotatable bonds is 10. The van der Waals surface area contributed by atoms with Crippen LogP contribution in [-0.4, -0.2) is 45.4 Å². The van der Waals surface area contributed by atoms with E-state index in [0.29, 0.717) is 49.1 Å². The van der Waals surface area contributed by atoms with Gasteiger partial charge in [-0.1, -0.05) is 12.1 Å². The zero-order chi connectivity index (χ0) is 25.1. The highest BCUT2D eigenvalue weighted by molar-refractivity contribution is 6.06. The first-order valence-electron chi connectivity index (χ1n) is 12.6. The van der Waals surface area contributed by atoms with Crippen LogP contribution in [0.15, 0.2) is 48.7 Å². The Labute approximate surface area is 210 Å². The topological polar surface area (TPSA) is 91.2 Å². The number of nitrogens with zero attached hydrogens (tertiary/aromatic N) is 4. The smallest absolute Gasteiger partial charge is 0.252 e. The van der Waals surface area contributed by atoms with Crippen molar-refractivity contribution in [3.8, 4) is 17.3 Å². The summed E-state index contributed by atoms with van der Waals surface area (Å²) >= 11 is 0. The SMILES string of the molecule is CCOc1ccc(CCNC(=O)c2cc(C3CC3)nc3c2c(C)nn3-c2ccccn2)cc1OCC. The van der Waals surface area contributed by atoms with E-state index >= 15 is 0 Å². The van der Waals surface area contributed by atoms with E-state index in [4.69, 9.17) is 14.5 Å². The van der Waals surface area contributed by atoms with E-state index in [1.165, 1.54) is 0 Å². The fourth-order valence-electron chi connectivity index (χ4n) is 4.38. The molecule has 8 heteroatoms. The van der Waals surface area contributed by atoms with Crippen LogP contribution in [0.25, 0.3) is 16.9 Å². The summed E-state index contributed by atoms with van der Waals surface area (Å²) in [6, 6.07) is 13.5. The lowest BCUT2D eigenvalue weighted by Gasteiger charge is -2.13. The number of carbonyl (C=O) groups excluding carboxylic acids is 1. The molecule has 1 aliphatic carbocycles. The summed E-state index contributed by atoms with van der Waals surface area (Å²) in [5.74, 6) is 2.42. The van der Waals surface area contributed by atoms with E-state index in [1.54, 1.807) is 10.9 Å². The monoisotopic (exact) mass is 485 g/mol. The molecule has 186 valence electrons. The highest BCUT2D eigenvalue weighted by atomic mass is 16.5. The highest BCUT2D eigenvalue weighted by Crippen LogP contribution is 2.40. The summed E-state index contributed by atoms with van der Waals surface area (Å²) < 4.78 is 13.1. The normalized spacial score (nSPS) is 13.1. The largest absolute Gasteiger partial charge is 0.490 e. The first-order valence-corrected chi connectivity index (χ1v) is 12.6. The predicted molar refractivity (Wildman–Crippen MR) is 138 cm³/mol. The summed E-state index contributed by atoms with van der Waals surface area (Å²) in [5.41, 5.74) is 4.05. The number of amides is 1. The van der Waals surface area contributed by atoms with Gasteiger partial charge in [-0.05, 0) is 75.9 Å². The second kappa shape index (κ2) is 10.4. The van der Waals surface area contributed by atoms with E-state index in [9.17, 15) is 4.79 Å². The van der Waals surface area contributed by atoms with E-state index in [-0.39, 0.29) is 5.91 Å². The first-order chi connectivity index (χ1) is 17.6. The van der Waals surface area contributed by atoms with Gasteiger partial charge in [0.1, 0.15) is 0 Å². The van der Waals surface area contributed by atoms with E-state index in [0.717, 1.165) is 46.7 Å². The van der Waals surface area contributed by atoms with E-state index < -0.39 is 0 Å². The molecule has 1 fully saturated rings. The van der Waals surface area contributed by atoms with Crippen molar-refractivity contribution >= 4 is 16.9 Å². The van der Waals surface area contributed by atoms with E-state index in [2.05, 4.69) is 15.4 Å². The Bertz CT molecular complexity index is 1380. The number of ether oxygens (including phenoxy) is 2. The fourth-order valence-corrected chi connectivity index (χ4v) is 4.38. The minimum atomic E-state index is -0.121. The van der Waals surface area contributed by atoms with Gasteiger partial charge in [0.15, 0.2) is 23.0 Å². The van der Waals surface area contributed by atoms with Crippen molar-refractivity contribution in [2.45, 2.75) is 46.0 Å². The fraction of sp³-hybridized carbons (Fsp3) is 0.357. The maximum absolute atomic E-state index is 13.4. The van der Waals surface area contributed by atoms with Gasteiger partial charge in [0.25, 0.3) is 5.91 Å². The number of aromatic nitrogens is 4. The molecule has 1 aromatic carbocycles. The van der Waals surface area contributed by atoms with Crippen LogP contribution in [-0.2, 0) is 6.42 Å². The molecule has 1 saturated carbocycles. The van der Waals surface area contributed by atoms with Crippen molar-refractivity contribution in [2.24, 2.45) is 0 Å². The van der Waals surface area contributed by atoms with Crippen LogP contribution in [0.1, 0.15) is 59.9 Å². The Kier molecular flexibility index (Phi) is 6.84. The molecule has 8 nitrogen and oxygen atoms in total. The molecule has 0 spiro atoms. The number of fused-ring (bicyclic) bond motifs is 1. The molecule has 0 saturated heterocycles. The molecule has 1 N–H and O–H groups in total. The van der Waals surface area contributed by atoms with Gasteiger partial charge in [-0.15, -0.1) is 0 Å². The lowest BCUT2D eigenvalue weighted by Crippen LogP contribution is -2.26. The zero-order valence-corrected chi connectivity index (χ0v) is 21.0. The molecule has 1 amide bonds. The Balaban J connectivity index is 1.39. The number of nitrogens with one attached hydrogen (secondary N) is 1. The van der Waals surface area contributed by atoms with Gasteiger partial charge in [-0.2, -0.15) is 9.78 Å². The summed E-state index contributed by atoms with van der Waals surface area (Å²) in [5, 5.41) is 8.56. The van der Waals surface area contributed by atoms with Crippen molar-refractivity contribution in [3.63, 3.8) is 0 Å². The van der Waals surface area contributed by atoms with Crippen molar-refractivity contribution < 1.29 is 14.3 Å². The van der Waals surface area contributed by atoms with Gasteiger partial charge in [0, 0.05) is 24.4 Å². The number of hydrogen-bond acceptors (Lipinski definition) is 6. The predicted octanol–water partition coefficient (Wildman–Crippen LogP) is 4.77. The summed E-state index contributed by atoms with van der Waals surface area (Å²) in [6.45, 7) is 7.44. The maximum Gasteiger partial charge on any atom is 0.252 e. The van der Waals surface area contributed by atoms with Gasteiger partial charge < -0.3 is 14.8 Å². The Morgan fingerprint density at radius 1 is 1.08 bits per heavy atom. The van der Waals surface area contributed by atoms with Crippen LogP contribution in [0.4, 0.5) is 0 Å². The van der Waals surface area contributed by atoms with Gasteiger partial charge in [-0.25, -0.2) is 9.97 Å². The molecule has 0 atom stereocenters. The average molecular weight is 486 g/mol. The Morgan fingerprint density at radius 3 is 2.61 bits per heavy atom. The third-order valence-corrected chi connectivity index (χ3v) is 6.25. The molecule has 4 aromatic rings. The molecule has 1 aliphatic rings. The minimum absolute atomic E-state index is 0.121. The van der Waals surface area contributed by atoms with Crippen LogP contribution in [0.2, 0.25) is 0 Å². The second-order valence-corrected chi connectivity index (χ2v) is 8.91. The van der Waals surface area contributed by atoms with Crippen LogP contribution >= 0.6 is 0 Å². The van der Waals surface area contributed by atoms with Gasteiger partial charge >= 0.3 is 0 Å². The Hall–Kier alpha value is -3.94. The molecule has 0 radical (unpaired) electrons. The summed E-state index contributed by atoms with van der Waals surface area (Å²) in [6.07, 6.45) is 4.59. The van der Waals surface area contributed by atoms with Crippen molar-refractivity contribution in [1.29, 1.82) is 0 Å². The number of pyridine rings is 2. The average Bonchev–Trinajstić information content (AvgIpc) is 3.69. The quantitative estimate of drug-likeness (QED) is 0.348. The van der Waals surface area contributed by atoms with Gasteiger partial charge in [0.05, 0.1) is 29.9 Å². The number of carbonyl (C=O) groups is 1. The van der Waals surface area contributed by atoms with Crippen molar-refractivity contribution in [3.05, 3.63) is 71.2 Å². The number of aryl methyl sites for hydroxylation is 1. The lowest BCUT2D eigenvalue weighted by molar-refractivity contribution is 0.0955. The highest BCUT2D eigenvalue weighted by Gasteiger charge is 2.29. The van der Waals surface area contributed by atoms with Gasteiger partial charge in [0.2, 0.25) is 0 Å². The minimum Gasteiger partial charge on any atom is -0.490 e. The van der Waals surface area contributed by atoms with Crippen molar-refractivity contribution in [2.75, 3.05) is 19.8 Å². The zero-order valence-electron chi connectivity index (χ0n) is 21.0. The van der Waals surface area contributed by atoms with Crippen LogP contribution in [0.3, 0.4) is 0 Å². The number of hydrogen-bond donors (Lipinski definition) is 1. The number of benzene rings is 1. The van der Waals surface area contributed by atoms with Crippen LogP contribution in [0.5, 0.6) is 11.5 Å². The van der Waals surface area contributed by atoms with E-state index in [1.807, 2.05) is 63.2 Å². The molecule has 0 aliphatic heterocycles. The molecular formula is C28H31N5O3. The molecule has 36 heavy (non-hydrogen) atoms.